The molecule has 0 aliphatic carbocycles. The quantitative estimate of drug-likeness (QED) is 0.779. The number of carbonyl (C=O) groups is 1. The number of carbonyl (C=O) groups excluding carboxylic acids is 1. The lowest BCUT2D eigenvalue weighted by atomic mass is 10.0. The van der Waals surface area contributed by atoms with Crippen molar-refractivity contribution in [1.29, 1.82) is 0 Å². The van der Waals surface area contributed by atoms with Crippen molar-refractivity contribution in [3.05, 3.63) is 29.3 Å². The smallest absolute Gasteiger partial charge is 0.410 e. The second kappa shape index (κ2) is 7.94. The molecular weight excluding hydrogens is 356 g/mol. The third-order valence-electron chi connectivity index (χ3n) is 5.00. The normalized spacial score (nSPS) is 20.8. The zero-order valence-corrected chi connectivity index (χ0v) is 16.1. The molecule has 1 unspecified atom stereocenters. The van der Waals surface area contributed by atoms with E-state index in [0.717, 1.165) is 24.0 Å². The fraction of sp³-hybridized carbons (Fsp3) is 0.611. The van der Waals surface area contributed by atoms with E-state index in [4.69, 9.17) is 9.47 Å². The monoisotopic (exact) mass is 382 g/mol. The first kappa shape index (κ1) is 19.1. The number of methoxy groups -OCH3 is 1. The highest BCUT2D eigenvalue weighted by molar-refractivity contribution is 7.89. The number of nitrogens with zero attached hydrogens (tertiary/aromatic N) is 2. The Balaban J connectivity index is 1.84. The molecule has 26 heavy (non-hydrogen) atoms. The fourth-order valence-electron chi connectivity index (χ4n) is 3.68. The first-order chi connectivity index (χ1) is 12.5. The second-order valence-electron chi connectivity index (χ2n) is 6.67. The first-order valence-electron chi connectivity index (χ1n) is 9.01. The lowest BCUT2D eigenvalue weighted by Gasteiger charge is -2.29. The number of sulfonamides is 1. The molecule has 144 valence electrons. The molecule has 1 saturated heterocycles. The molecule has 0 radical (unpaired) electrons. The number of ether oxygens (including phenoxy) is 2. The predicted octanol–water partition coefficient (Wildman–Crippen LogP) is 2.00. The van der Waals surface area contributed by atoms with Gasteiger partial charge in [0, 0.05) is 32.8 Å². The van der Waals surface area contributed by atoms with Gasteiger partial charge in [0.1, 0.15) is 0 Å². The summed E-state index contributed by atoms with van der Waals surface area (Å²) >= 11 is 0. The van der Waals surface area contributed by atoms with Crippen LogP contribution in [-0.2, 0) is 32.5 Å². The molecule has 0 saturated carbocycles. The highest BCUT2D eigenvalue weighted by atomic mass is 32.2. The van der Waals surface area contributed by atoms with Crippen molar-refractivity contribution in [2.45, 2.75) is 43.7 Å². The maximum absolute atomic E-state index is 13.1. The van der Waals surface area contributed by atoms with E-state index in [9.17, 15) is 13.2 Å². The van der Waals surface area contributed by atoms with Crippen molar-refractivity contribution in [3.63, 3.8) is 0 Å². The Hall–Kier alpha value is -1.64. The largest absolute Gasteiger partial charge is 0.450 e. The van der Waals surface area contributed by atoms with Gasteiger partial charge in [0.15, 0.2) is 0 Å². The summed E-state index contributed by atoms with van der Waals surface area (Å²) in [6.07, 6.45) is 2.00. The molecule has 7 nitrogen and oxygen atoms in total. The van der Waals surface area contributed by atoms with E-state index in [0.29, 0.717) is 39.3 Å². The van der Waals surface area contributed by atoms with Crippen LogP contribution in [0.4, 0.5) is 4.79 Å². The summed E-state index contributed by atoms with van der Waals surface area (Å²) < 4.78 is 38.0. The molecule has 1 atom stereocenters. The van der Waals surface area contributed by atoms with E-state index < -0.39 is 10.0 Å². The van der Waals surface area contributed by atoms with Gasteiger partial charge in [0.2, 0.25) is 10.0 Å². The molecule has 1 fully saturated rings. The molecule has 0 bridgehead atoms. The number of hydrogen-bond acceptors (Lipinski definition) is 5. The van der Waals surface area contributed by atoms with Crippen LogP contribution in [0.3, 0.4) is 0 Å². The Bertz CT molecular complexity index is 765. The number of benzene rings is 1. The average molecular weight is 382 g/mol. The third kappa shape index (κ3) is 3.72. The molecule has 1 aromatic rings. The van der Waals surface area contributed by atoms with Gasteiger partial charge >= 0.3 is 6.09 Å². The van der Waals surface area contributed by atoms with Crippen LogP contribution >= 0.6 is 0 Å². The molecule has 2 aliphatic rings. The van der Waals surface area contributed by atoms with Crippen LogP contribution in [0.2, 0.25) is 0 Å². The van der Waals surface area contributed by atoms with Gasteiger partial charge in [-0.05, 0) is 49.4 Å². The predicted molar refractivity (Wildman–Crippen MR) is 96.4 cm³/mol. The molecule has 2 aliphatic heterocycles. The van der Waals surface area contributed by atoms with Crippen molar-refractivity contribution in [2.75, 3.05) is 33.4 Å². The summed E-state index contributed by atoms with van der Waals surface area (Å²) in [4.78, 5) is 13.9. The molecule has 8 heteroatoms. The molecule has 0 aromatic heterocycles. The summed E-state index contributed by atoms with van der Waals surface area (Å²) in [6, 6.07) is 5.14. The van der Waals surface area contributed by atoms with Crippen LogP contribution in [0.25, 0.3) is 0 Å². The van der Waals surface area contributed by atoms with Gasteiger partial charge in [-0.15, -0.1) is 0 Å². The summed E-state index contributed by atoms with van der Waals surface area (Å²) in [5.41, 5.74) is 1.95. The van der Waals surface area contributed by atoms with E-state index in [1.807, 2.05) is 6.07 Å². The molecule has 0 N–H and O–H groups in total. The van der Waals surface area contributed by atoms with Crippen LogP contribution in [0.15, 0.2) is 23.1 Å². The number of fused-ring (bicyclic) bond motifs is 1. The summed E-state index contributed by atoms with van der Waals surface area (Å²) in [5, 5.41) is 0. The Kier molecular flexibility index (Phi) is 5.84. The van der Waals surface area contributed by atoms with Crippen molar-refractivity contribution < 1.29 is 22.7 Å². The standard InChI is InChI=1S/C18H26N2O5S/c1-3-25-18(21)19-10-8-14-6-7-17(11-15(14)12-19)26(22,23)20-9-4-5-16(20)13-24-2/h6-7,11,16H,3-5,8-10,12-13H2,1-2H3. The van der Waals surface area contributed by atoms with Crippen LogP contribution < -0.4 is 0 Å². The number of rotatable bonds is 5. The van der Waals surface area contributed by atoms with Crippen molar-refractivity contribution in [2.24, 2.45) is 0 Å². The van der Waals surface area contributed by atoms with E-state index in [1.54, 1.807) is 35.4 Å². The first-order valence-corrected chi connectivity index (χ1v) is 10.5. The number of hydrogen-bond donors (Lipinski definition) is 0. The lowest BCUT2D eigenvalue weighted by Crippen LogP contribution is -2.38. The van der Waals surface area contributed by atoms with Gasteiger partial charge in [-0.3, -0.25) is 0 Å². The van der Waals surface area contributed by atoms with E-state index in [2.05, 4.69) is 0 Å². The van der Waals surface area contributed by atoms with E-state index in [1.165, 1.54) is 0 Å². The Morgan fingerprint density at radius 1 is 1.27 bits per heavy atom. The Labute approximate surface area is 154 Å². The maximum Gasteiger partial charge on any atom is 0.410 e. The van der Waals surface area contributed by atoms with Crippen molar-refractivity contribution in [1.82, 2.24) is 9.21 Å². The summed E-state index contributed by atoms with van der Waals surface area (Å²) in [5.74, 6) is 0. The second-order valence-corrected chi connectivity index (χ2v) is 8.56. The van der Waals surface area contributed by atoms with Gasteiger partial charge < -0.3 is 14.4 Å². The molecule has 2 heterocycles. The summed E-state index contributed by atoms with van der Waals surface area (Å²) in [6.45, 7) is 3.97. The minimum atomic E-state index is -3.57. The zero-order valence-electron chi connectivity index (χ0n) is 15.3. The molecule has 0 spiro atoms. The SMILES string of the molecule is CCOC(=O)N1CCc2ccc(S(=O)(=O)N3CCCC3COC)cc2C1. The van der Waals surface area contributed by atoms with Gasteiger partial charge in [-0.25, -0.2) is 13.2 Å². The van der Waals surface area contributed by atoms with Crippen LogP contribution in [0, 0.1) is 0 Å². The highest BCUT2D eigenvalue weighted by Gasteiger charge is 2.35. The van der Waals surface area contributed by atoms with Crippen LogP contribution in [-0.4, -0.2) is 63.2 Å². The zero-order chi connectivity index (χ0) is 18.7. The van der Waals surface area contributed by atoms with Gasteiger partial charge in [0.05, 0.1) is 18.1 Å². The minimum Gasteiger partial charge on any atom is -0.450 e. The van der Waals surface area contributed by atoms with Gasteiger partial charge in [0.25, 0.3) is 0 Å². The van der Waals surface area contributed by atoms with Gasteiger partial charge in [-0.2, -0.15) is 4.31 Å². The Morgan fingerprint density at radius 3 is 2.81 bits per heavy atom. The Morgan fingerprint density at radius 2 is 2.08 bits per heavy atom. The molecule has 1 aromatic carbocycles. The molecule has 3 rings (SSSR count). The highest BCUT2D eigenvalue weighted by Crippen LogP contribution is 2.29. The molecular formula is C18H26N2O5S. The van der Waals surface area contributed by atoms with Crippen LogP contribution in [0.1, 0.15) is 30.9 Å². The topological polar surface area (TPSA) is 76.2 Å². The van der Waals surface area contributed by atoms with Crippen molar-refractivity contribution >= 4 is 16.1 Å². The summed E-state index contributed by atoms with van der Waals surface area (Å²) in [7, 11) is -1.98. The maximum atomic E-state index is 13.1. The van der Waals surface area contributed by atoms with Crippen LogP contribution in [0.5, 0.6) is 0 Å². The van der Waals surface area contributed by atoms with E-state index in [-0.39, 0.29) is 17.0 Å². The lowest BCUT2D eigenvalue weighted by molar-refractivity contribution is 0.102. The number of amides is 1. The minimum absolute atomic E-state index is 0.114. The third-order valence-corrected chi connectivity index (χ3v) is 6.95. The van der Waals surface area contributed by atoms with Crippen molar-refractivity contribution in [3.8, 4) is 0 Å². The van der Waals surface area contributed by atoms with E-state index >= 15 is 0 Å². The average Bonchev–Trinajstić information content (AvgIpc) is 3.10. The van der Waals surface area contributed by atoms with Gasteiger partial charge in [-0.1, -0.05) is 6.07 Å². The fourth-order valence-corrected chi connectivity index (χ4v) is 5.41. The molecule has 1 amide bonds.